The highest BCUT2D eigenvalue weighted by Gasteiger charge is 2.03. The first-order valence-corrected chi connectivity index (χ1v) is 3.60. The number of nitrogens with two attached hydrogens (primary N) is 1. The molecular formula is C8H6FN3O. The van der Waals surface area contributed by atoms with E-state index in [0.29, 0.717) is 11.3 Å². The predicted octanol–water partition coefficient (Wildman–Crippen LogP) is 1.46. The molecule has 0 aromatic carbocycles. The fraction of sp³-hybridized carbons (Fsp3) is 0. The first kappa shape index (κ1) is 7.72. The molecule has 0 unspecified atom stereocenters. The van der Waals surface area contributed by atoms with Crippen molar-refractivity contribution >= 4 is 5.88 Å². The highest BCUT2D eigenvalue weighted by molar-refractivity contribution is 5.59. The van der Waals surface area contributed by atoms with Crippen molar-refractivity contribution in [3.63, 3.8) is 0 Å². The van der Waals surface area contributed by atoms with Crippen LogP contribution in [0.25, 0.3) is 11.3 Å². The quantitative estimate of drug-likeness (QED) is 0.673. The van der Waals surface area contributed by atoms with Crippen LogP contribution >= 0.6 is 0 Å². The summed E-state index contributed by atoms with van der Waals surface area (Å²) in [6.07, 6.45) is 1.37. The molecule has 0 aliphatic heterocycles. The molecule has 0 saturated carbocycles. The number of halogens is 1. The van der Waals surface area contributed by atoms with Crippen LogP contribution < -0.4 is 5.73 Å². The molecule has 2 rings (SSSR count). The fourth-order valence-corrected chi connectivity index (χ4v) is 0.953. The van der Waals surface area contributed by atoms with Crippen molar-refractivity contribution in [2.45, 2.75) is 0 Å². The van der Waals surface area contributed by atoms with Crippen molar-refractivity contribution in [1.29, 1.82) is 0 Å². The van der Waals surface area contributed by atoms with Gasteiger partial charge in [0.05, 0.1) is 0 Å². The zero-order chi connectivity index (χ0) is 9.26. The lowest BCUT2D eigenvalue weighted by atomic mass is 10.2. The summed E-state index contributed by atoms with van der Waals surface area (Å²) in [5, 5.41) is 3.65. The van der Waals surface area contributed by atoms with E-state index in [1.165, 1.54) is 12.3 Å². The number of nitrogens with zero attached hydrogens (tertiary/aromatic N) is 2. The third-order valence-corrected chi connectivity index (χ3v) is 1.55. The molecule has 2 aromatic heterocycles. The molecule has 2 aromatic rings. The largest absolute Gasteiger partial charge is 0.368 e. The number of aromatic nitrogens is 2. The standard InChI is InChI=1S/C8H6FN3O/c9-7-2-1-5(4-11-7)6-3-8(10)13-12-6/h1-4H,10H2. The zero-order valence-electron chi connectivity index (χ0n) is 6.57. The smallest absolute Gasteiger partial charge is 0.222 e. The van der Waals surface area contributed by atoms with Crippen LogP contribution in [0.5, 0.6) is 0 Å². The highest BCUT2D eigenvalue weighted by Crippen LogP contribution is 2.18. The second-order valence-electron chi connectivity index (χ2n) is 2.48. The van der Waals surface area contributed by atoms with E-state index < -0.39 is 5.95 Å². The summed E-state index contributed by atoms with van der Waals surface area (Å²) >= 11 is 0. The maximum absolute atomic E-state index is 12.4. The monoisotopic (exact) mass is 179 g/mol. The first-order valence-electron chi connectivity index (χ1n) is 3.60. The van der Waals surface area contributed by atoms with Crippen LogP contribution in [-0.2, 0) is 0 Å². The molecular weight excluding hydrogens is 173 g/mol. The molecule has 0 bridgehead atoms. The summed E-state index contributed by atoms with van der Waals surface area (Å²) in [7, 11) is 0. The van der Waals surface area contributed by atoms with E-state index in [9.17, 15) is 4.39 Å². The molecule has 2 heterocycles. The summed E-state index contributed by atoms with van der Waals surface area (Å²) < 4.78 is 17.1. The van der Waals surface area contributed by atoms with Gasteiger partial charge in [0.2, 0.25) is 11.8 Å². The Hall–Kier alpha value is -1.91. The third kappa shape index (κ3) is 1.48. The van der Waals surface area contributed by atoms with Gasteiger partial charge in [0.25, 0.3) is 0 Å². The lowest BCUT2D eigenvalue weighted by molar-refractivity contribution is 0.439. The summed E-state index contributed by atoms with van der Waals surface area (Å²) in [5.41, 5.74) is 6.54. The minimum Gasteiger partial charge on any atom is -0.368 e. The Morgan fingerprint density at radius 2 is 2.23 bits per heavy atom. The van der Waals surface area contributed by atoms with Crippen molar-refractivity contribution in [1.82, 2.24) is 10.1 Å². The summed E-state index contributed by atoms with van der Waals surface area (Å²) in [6.45, 7) is 0. The van der Waals surface area contributed by atoms with Crippen molar-refractivity contribution in [2.75, 3.05) is 5.73 Å². The molecule has 0 aliphatic rings. The van der Waals surface area contributed by atoms with E-state index in [1.807, 2.05) is 0 Å². The van der Waals surface area contributed by atoms with Gasteiger partial charge in [-0.25, -0.2) is 4.98 Å². The first-order chi connectivity index (χ1) is 6.25. The fourth-order valence-electron chi connectivity index (χ4n) is 0.953. The normalized spacial score (nSPS) is 10.2. The number of hydrogen-bond donors (Lipinski definition) is 1. The Balaban J connectivity index is 2.41. The molecule has 0 fully saturated rings. The minimum absolute atomic E-state index is 0.222. The van der Waals surface area contributed by atoms with Crippen molar-refractivity contribution in [3.8, 4) is 11.3 Å². The molecule has 4 nitrogen and oxygen atoms in total. The number of pyridine rings is 1. The van der Waals surface area contributed by atoms with Gasteiger partial charge < -0.3 is 10.3 Å². The van der Waals surface area contributed by atoms with Gasteiger partial charge >= 0.3 is 0 Å². The van der Waals surface area contributed by atoms with Gasteiger partial charge in [-0.1, -0.05) is 5.16 Å². The SMILES string of the molecule is Nc1cc(-c2ccc(F)nc2)no1. The Morgan fingerprint density at radius 3 is 2.77 bits per heavy atom. The molecule has 0 amide bonds. The average Bonchev–Trinajstić information content (AvgIpc) is 2.53. The van der Waals surface area contributed by atoms with E-state index in [4.69, 9.17) is 5.73 Å². The van der Waals surface area contributed by atoms with Crippen molar-refractivity contribution in [2.24, 2.45) is 0 Å². The van der Waals surface area contributed by atoms with Crippen LogP contribution in [0.2, 0.25) is 0 Å². The number of nitrogen functional groups attached to an aromatic ring is 1. The second kappa shape index (κ2) is 2.85. The van der Waals surface area contributed by atoms with Crippen LogP contribution in [0.1, 0.15) is 0 Å². The highest BCUT2D eigenvalue weighted by atomic mass is 19.1. The van der Waals surface area contributed by atoms with Crippen LogP contribution in [0.3, 0.4) is 0 Å². The number of anilines is 1. The molecule has 2 N–H and O–H groups in total. The van der Waals surface area contributed by atoms with Crippen LogP contribution in [0.15, 0.2) is 28.9 Å². The lowest BCUT2D eigenvalue weighted by Gasteiger charge is -1.92. The maximum Gasteiger partial charge on any atom is 0.222 e. The topological polar surface area (TPSA) is 64.9 Å². The summed E-state index contributed by atoms with van der Waals surface area (Å²) in [5.74, 6) is -0.306. The molecule has 5 heteroatoms. The Kier molecular flexibility index (Phi) is 1.70. The molecule has 0 atom stereocenters. The van der Waals surface area contributed by atoms with Crippen LogP contribution in [-0.4, -0.2) is 10.1 Å². The molecule has 0 aliphatic carbocycles. The van der Waals surface area contributed by atoms with Crippen molar-refractivity contribution in [3.05, 3.63) is 30.3 Å². The number of hydrogen-bond acceptors (Lipinski definition) is 4. The van der Waals surface area contributed by atoms with Crippen LogP contribution in [0.4, 0.5) is 10.3 Å². The number of rotatable bonds is 1. The van der Waals surface area contributed by atoms with Crippen molar-refractivity contribution < 1.29 is 8.91 Å². The summed E-state index contributed by atoms with van der Waals surface area (Å²) in [4.78, 5) is 3.48. The van der Waals surface area contributed by atoms with E-state index in [0.717, 1.165) is 0 Å². The average molecular weight is 179 g/mol. The molecule has 66 valence electrons. The zero-order valence-corrected chi connectivity index (χ0v) is 6.57. The Morgan fingerprint density at radius 1 is 1.38 bits per heavy atom. The van der Waals surface area contributed by atoms with E-state index >= 15 is 0 Å². The Labute approximate surface area is 73.2 Å². The van der Waals surface area contributed by atoms with E-state index in [1.54, 1.807) is 12.1 Å². The summed E-state index contributed by atoms with van der Waals surface area (Å²) in [6, 6.07) is 4.36. The minimum atomic E-state index is -0.528. The van der Waals surface area contributed by atoms with Gasteiger partial charge in [0.1, 0.15) is 5.69 Å². The maximum atomic E-state index is 12.4. The molecule has 0 radical (unpaired) electrons. The van der Waals surface area contributed by atoms with E-state index in [2.05, 4.69) is 14.7 Å². The van der Waals surface area contributed by atoms with Gasteiger partial charge in [-0.2, -0.15) is 4.39 Å². The second-order valence-corrected chi connectivity index (χ2v) is 2.48. The predicted molar refractivity (Wildman–Crippen MR) is 44.1 cm³/mol. The van der Waals surface area contributed by atoms with Gasteiger partial charge in [0, 0.05) is 17.8 Å². The van der Waals surface area contributed by atoms with E-state index in [-0.39, 0.29) is 5.88 Å². The Bertz CT molecular complexity index is 410. The molecule has 13 heavy (non-hydrogen) atoms. The van der Waals surface area contributed by atoms with Gasteiger partial charge in [0.15, 0.2) is 0 Å². The lowest BCUT2D eigenvalue weighted by Crippen LogP contribution is -1.83. The van der Waals surface area contributed by atoms with Gasteiger partial charge in [-0.3, -0.25) is 0 Å². The van der Waals surface area contributed by atoms with Gasteiger partial charge in [-0.15, -0.1) is 0 Å². The van der Waals surface area contributed by atoms with Crippen LogP contribution in [0, 0.1) is 5.95 Å². The molecule has 0 spiro atoms. The molecule has 0 saturated heterocycles. The van der Waals surface area contributed by atoms with Gasteiger partial charge in [-0.05, 0) is 12.1 Å². The third-order valence-electron chi connectivity index (χ3n) is 1.55.